The van der Waals surface area contributed by atoms with Crippen molar-refractivity contribution in [1.29, 1.82) is 0 Å². The molecule has 1 amide bonds. The Hall–Kier alpha value is -2.44. The van der Waals surface area contributed by atoms with Gasteiger partial charge in [0.2, 0.25) is 0 Å². The summed E-state index contributed by atoms with van der Waals surface area (Å²) in [6, 6.07) is 1.99. The van der Waals surface area contributed by atoms with Crippen LogP contribution in [0.1, 0.15) is 43.5 Å². The van der Waals surface area contributed by atoms with E-state index in [-0.39, 0.29) is 17.5 Å². The number of esters is 1. The number of phenolic OH excluding ortho intramolecular Hbond substituents is 3. The Labute approximate surface area is 140 Å². The standard InChI is InChI=1S/C17H23NO6/c1-9-4-3-5-12(10(9)2)18-15(21)8-24-17(23)11-6-13(19)16(22)14(20)7-11/h6-7,9-10,12,19-20,22H,3-5,8H2,1-2H3,(H,18,21). The van der Waals surface area contributed by atoms with Crippen LogP contribution in [-0.4, -0.2) is 39.8 Å². The highest BCUT2D eigenvalue weighted by molar-refractivity contribution is 5.92. The Balaban J connectivity index is 1.88. The van der Waals surface area contributed by atoms with Crippen molar-refractivity contribution in [2.45, 2.75) is 39.2 Å². The third-order valence-electron chi connectivity index (χ3n) is 4.69. The van der Waals surface area contributed by atoms with E-state index in [2.05, 4.69) is 19.2 Å². The maximum atomic E-state index is 12.0. The number of hydrogen-bond donors (Lipinski definition) is 4. The van der Waals surface area contributed by atoms with Crippen LogP contribution in [0.15, 0.2) is 12.1 Å². The summed E-state index contributed by atoms with van der Waals surface area (Å²) in [5, 5.41) is 30.9. The Morgan fingerprint density at radius 3 is 2.42 bits per heavy atom. The van der Waals surface area contributed by atoms with E-state index in [1.807, 2.05) is 0 Å². The van der Waals surface area contributed by atoms with Crippen molar-refractivity contribution in [3.8, 4) is 17.2 Å². The molecule has 1 saturated carbocycles. The third-order valence-corrected chi connectivity index (χ3v) is 4.69. The van der Waals surface area contributed by atoms with E-state index in [1.165, 1.54) is 0 Å². The SMILES string of the molecule is CC1CCCC(NC(=O)COC(=O)c2cc(O)c(O)c(O)c2)C1C. The summed E-state index contributed by atoms with van der Waals surface area (Å²) in [5.41, 5.74) is -0.157. The van der Waals surface area contributed by atoms with Gasteiger partial charge < -0.3 is 25.4 Å². The van der Waals surface area contributed by atoms with Gasteiger partial charge in [0.15, 0.2) is 23.9 Å². The highest BCUT2D eigenvalue weighted by Crippen LogP contribution is 2.35. The van der Waals surface area contributed by atoms with Crippen LogP contribution in [0.4, 0.5) is 0 Å². The molecule has 0 bridgehead atoms. The molecule has 1 fully saturated rings. The lowest BCUT2D eigenvalue weighted by Crippen LogP contribution is -2.45. The molecule has 3 unspecified atom stereocenters. The van der Waals surface area contributed by atoms with Crippen molar-refractivity contribution in [2.75, 3.05) is 6.61 Å². The van der Waals surface area contributed by atoms with Gasteiger partial charge in [0, 0.05) is 6.04 Å². The molecule has 24 heavy (non-hydrogen) atoms. The van der Waals surface area contributed by atoms with Gasteiger partial charge in [-0.1, -0.05) is 26.7 Å². The number of nitrogens with one attached hydrogen (secondary N) is 1. The number of rotatable bonds is 4. The van der Waals surface area contributed by atoms with Crippen molar-refractivity contribution in [1.82, 2.24) is 5.32 Å². The highest BCUT2D eigenvalue weighted by atomic mass is 16.5. The number of ether oxygens (including phenoxy) is 1. The Morgan fingerprint density at radius 1 is 1.17 bits per heavy atom. The van der Waals surface area contributed by atoms with Crippen LogP contribution in [0.5, 0.6) is 17.2 Å². The number of carbonyl (C=O) groups excluding carboxylic acids is 2. The number of phenols is 3. The van der Waals surface area contributed by atoms with Crippen molar-refractivity contribution in [3.05, 3.63) is 17.7 Å². The number of aromatic hydroxyl groups is 3. The fourth-order valence-corrected chi connectivity index (χ4v) is 2.97. The molecule has 1 aliphatic carbocycles. The van der Waals surface area contributed by atoms with E-state index in [0.29, 0.717) is 11.8 Å². The van der Waals surface area contributed by atoms with Gasteiger partial charge in [-0.2, -0.15) is 0 Å². The first-order chi connectivity index (χ1) is 11.3. The molecule has 0 radical (unpaired) electrons. The van der Waals surface area contributed by atoms with Crippen LogP contribution in [0.25, 0.3) is 0 Å². The second-order valence-electron chi connectivity index (χ2n) is 6.38. The summed E-state index contributed by atoms with van der Waals surface area (Å²) in [5.74, 6) is -2.36. The smallest absolute Gasteiger partial charge is 0.338 e. The van der Waals surface area contributed by atoms with E-state index in [4.69, 9.17) is 4.74 Å². The van der Waals surface area contributed by atoms with Gasteiger partial charge in [-0.25, -0.2) is 4.79 Å². The van der Waals surface area contributed by atoms with Crippen LogP contribution in [0.2, 0.25) is 0 Å². The van der Waals surface area contributed by atoms with Crippen LogP contribution < -0.4 is 5.32 Å². The van der Waals surface area contributed by atoms with Gasteiger partial charge >= 0.3 is 5.97 Å². The number of carbonyl (C=O) groups is 2. The molecule has 1 aromatic carbocycles. The van der Waals surface area contributed by atoms with Gasteiger partial charge in [0.25, 0.3) is 5.91 Å². The molecule has 1 aliphatic rings. The monoisotopic (exact) mass is 337 g/mol. The minimum Gasteiger partial charge on any atom is -0.504 e. The van der Waals surface area contributed by atoms with Gasteiger partial charge in [-0.3, -0.25) is 4.79 Å². The molecule has 0 spiro atoms. The van der Waals surface area contributed by atoms with Crippen molar-refractivity contribution in [2.24, 2.45) is 11.8 Å². The van der Waals surface area contributed by atoms with Crippen LogP contribution in [0, 0.1) is 11.8 Å². The lowest BCUT2D eigenvalue weighted by atomic mass is 9.78. The van der Waals surface area contributed by atoms with Crippen molar-refractivity contribution in [3.63, 3.8) is 0 Å². The molecule has 2 rings (SSSR count). The summed E-state index contributed by atoms with van der Waals surface area (Å²) in [7, 11) is 0. The van der Waals surface area contributed by atoms with Gasteiger partial charge in [-0.05, 0) is 30.4 Å². The second-order valence-corrected chi connectivity index (χ2v) is 6.38. The Morgan fingerprint density at radius 2 is 1.79 bits per heavy atom. The third kappa shape index (κ3) is 4.10. The molecular weight excluding hydrogens is 314 g/mol. The fraction of sp³-hybridized carbons (Fsp3) is 0.529. The molecule has 0 aliphatic heterocycles. The predicted octanol–water partition coefficient (Wildman–Crippen LogP) is 1.90. The first-order valence-electron chi connectivity index (χ1n) is 8.01. The fourth-order valence-electron chi connectivity index (χ4n) is 2.97. The predicted molar refractivity (Wildman–Crippen MR) is 85.8 cm³/mol. The van der Waals surface area contributed by atoms with E-state index in [1.54, 1.807) is 0 Å². The molecule has 4 N–H and O–H groups in total. The largest absolute Gasteiger partial charge is 0.504 e. The second kappa shape index (κ2) is 7.42. The summed E-state index contributed by atoms with van der Waals surface area (Å²) < 4.78 is 4.89. The van der Waals surface area contributed by atoms with E-state index in [9.17, 15) is 24.9 Å². The molecule has 0 aromatic heterocycles. The quantitative estimate of drug-likeness (QED) is 0.492. The molecule has 0 heterocycles. The zero-order valence-corrected chi connectivity index (χ0v) is 13.8. The summed E-state index contributed by atoms with van der Waals surface area (Å²) >= 11 is 0. The minimum atomic E-state index is -0.874. The molecular formula is C17H23NO6. The maximum Gasteiger partial charge on any atom is 0.338 e. The van der Waals surface area contributed by atoms with Gasteiger partial charge in [0.1, 0.15) is 0 Å². The van der Waals surface area contributed by atoms with E-state index >= 15 is 0 Å². The van der Waals surface area contributed by atoms with Gasteiger partial charge in [-0.15, -0.1) is 0 Å². The molecule has 7 nitrogen and oxygen atoms in total. The lowest BCUT2D eigenvalue weighted by Gasteiger charge is -2.34. The van der Waals surface area contributed by atoms with Crippen LogP contribution in [0.3, 0.4) is 0 Å². The average Bonchev–Trinajstić information content (AvgIpc) is 2.54. The molecule has 0 saturated heterocycles. The molecule has 132 valence electrons. The van der Waals surface area contributed by atoms with Crippen molar-refractivity contribution < 1.29 is 29.6 Å². The molecule has 1 aromatic rings. The normalized spacial score (nSPS) is 23.5. The Kier molecular flexibility index (Phi) is 5.54. The first-order valence-corrected chi connectivity index (χ1v) is 8.01. The van der Waals surface area contributed by atoms with E-state index < -0.39 is 29.8 Å². The zero-order valence-electron chi connectivity index (χ0n) is 13.8. The van der Waals surface area contributed by atoms with Gasteiger partial charge in [0.05, 0.1) is 5.56 Å². The van der Waals surface area contributed by atoms with Crippen molar-refractivity contribution >= 4 is 11.9 Å². The van der Waals surface area contributed by atoms with E-state index in [0.717, 1.165) is 31.4 Å². The average molecular weight is 337 g/mol. The molecule has 3 atom stereocenters. The molecule has 7 heteroatoms. The lowest BCUT2D eigenvalue weighted by molar-refractivity contribution is -0.125. The topological polar surface area (TPSA) is 116 Å². The van der Waals surface area contributed by atoms with Crippen LogP contribution in [-0.2, 0) is 9.53 Å². The summed E-state index contributed by atoms with van der Waals surface area (Å²) in [4.78, 5) is 23.8. The van der Waals surface area contributed by atoms with Crippen LogP contribution >= 0.6 is 0 Å². The number of hydrogen-bond acceptors (Lipinski definition) is 6. The number of benzene rings is 1. The zero-order chi connectivity index (χ0) is 17.9. The number of amides is 1. The highest BCUT2D eigenvalue weighted by Gasteiger charge is 2.28. The Bertz CT molecular complexity index is 607. The summed E-state index contributed by atoms with van der Waals surface area (Å²) in [6.07, 6.45) is 3.11. The summed E-state index contributed by atoms with van der Waals surface area (Å²) in [6.45, 7) is 3.81. The maximum absolute atomic E-state index is 12.0. The minimum absolute atomic E-state index is 0.0710. The first kappa shape index (κ1) is 17.9.